The monoisotopic (exact) mass is 466 g/mol. The van der Waals surface area contributed by atoms with E-state index in [0.717, 1.165) is 43.8 Å². The lowest BCUT2D eigenvalue weighted by Gasteiger charge is -2.42. The predicted molar refractivity (Wildman–Crippen MR) is 143 cm³/mol. The minimum absolute atomic E-state index is 0.192. The van der Waals surface area contributed by atoms with Crippen LogP contribution in [0.4, 0.5) is 0 Å². The normalized spacial score (nSPS) is 13.7. The van der Waals surface area contributed by atoms with Gasteiger partial charge < -0.3 is 14.9 Å². The number of hydrogen-bond acceptors (Lipinski definition) is 3. The fraction of sp³-hybridized carbons (Fsp3) is 0.0303. The first-order valence-corrected chi connectivity index (χ1v) is 12.0. The number of phenolic OH excluding ortho intramolecular Hbond substituents is 2. The molecule has 1 aliphatic heterocycles. The number of rotatable bonds is 2. The number of hydrogen-bond donors (Lipinski definition) is 2. The summed E-state index contributed by atoms with van der Waals surface area (Å²) in [5, 5.41) is 25.6. The molecule has 172 valence electrons. The van der Waals surface area contributed by atoms with Gasteiger partial charge >= 0.3 is 0 Å². The number of phenols is 2. The van der Waals surface area contributed by atoms with E-state index < -0.39 is 5.41 Å². The molecule has 1 heterocycles. The molecular weight excluding hydrogens is 444 g/mol. The summed E-state index contributed by atoms with van der Waals surface area (Å²) in [6.45, 7) is 0. The smallest absolute Gasteiger partial charge is 0.140 e. The Labute approximate surface area is 208 Å². The molecule has 6 aromatic carbocycles. The van der Waals surface area contributed by atoms with Crippen LogP contribution in [0.1, 0.15) is 22.3 Å². The molecule has 36 heavy (non-hydrogen) atoms. The average Bonchev–Trinajstić information content (AvgIpc) is 2.94. The summed E-state index contributed by atoms with van der Waals surface area (Å²) in [4.78, 5) is 0. The maximum atomic E-state index is 11.2. The van der Waals surface area contributed by atoms with Crippen molar-refractivity contribution in [2.75, 3.05) is 0 Å². The average molecular weight is 467 g/mol. The molecule has 1 aliphatic rings. The number of benzene rings is 6. The lowest BCUT2D eigenvalue weighted by atomic mass is 9.63. The Morgan fingerprint density at radius 2 is 0.806 bits per heavy atom. The van der Waals surface area contributed by atoms with Gasteiger partial charge in [0.1, 0.15) is 23.0 Å². The summed E-state index contributed by atoms with van der Waals surface area (Å²) in [6.07, 6.45) is 0. The fourth-order valence-electron chi connectivity index (χ4n) is 5.85. The van der Waals surface area contributed by atoms with Crippen LogP contribution in [0.15, 0.2) is 121 Å². The molecule has 0 unspecified atom stereocenters. The molecule has 0 spiro atoms. The Morgan fingerprint density at radius 1 is 0.444 bits per heavy atom. The van der Waals surface area contributed by atoms with Crippen molar-refractivity contribution in [2.45, 2.75) is 5.41 Å². The van der Waals surface area contributed by atoms with Gasteiger partial charge in [-0.2, -0.15) is 0 Å². The molecule has 3 nitrogen and oxygen atoms in total. The molecule has 0 bridgehead atoms. The maximum absolute atomic E-state index is 11.2. The zero-order chi connectivity index (χ0) is 24.3. The number of fused-ring (bicyclic) bond motifs is 6. The van der Waals surface area contributed by atoms with Gasteiger partial charge in [0.25, 0.3) is 0 Å². The van der Waals surface area contributed by atoms with Crippen molar-refractivity contribution < 1.29 is 14.9 Å². The first-order chi connectivity index (χ1) is 17.7. The van der Waals surface area contributed by atoms with Gasteiger partial charge in [0.15, 0.2) is 0 Å². The Morgan fingerprint density at radius 3 is 1.22 bits per heavy atom. The minimum atomic E-state index is -0.839. The minimum Gasteiger partial charge on any atom is -0.507 e. The van der Waals surface area contributed by atoms with Gasteiger partial charge in [0, 0.05) is 32.7 Å². The molecule has 0 amide bonds. The van der Waals surface area contributed by atoms with E-state index in [1.54, 1.807) is 0 Å². The van der Waals surface area contributed by atoms with E-state index in [1.165, 1.54) is 0 Å². The van der Waals surface area contributed by atoms with Gasteiger partial charge in [-0.15, -0.1) is 0 Å². The largest absolute Gasteiger partial charge is 0.507 e. The van der Waals surface area contributed by atoms with E-state index in [2.05, 4.69) is 24.3 Å². The summed E-state index contributed by atoms with van der Waals surface area (Å²) in [5.74, 6) is 1.80. The van der Waals surface area contributed by atoms with Crippen LogP contribution in [0.25, 0.3) is 21.5 Å². The lowest BCUT2D eigenvalue weighted by molar-refractivity contribution is 0.433. The van der Waals surface area contributed by atoms with Gasteiger partial charge in [0.2, 0.25) is 0 Å². The molecule has 0 saturated heterocycles. The van der Waals surface area contributed by atoms with Crippen molar-refractivity contribution in [1.29, 1.82) is 0 Å². The second kappa shape index (κ2) is 7.62. The summed E-state index contributed by atoms with van der Waals surface area (Å²) < 4.78 is 6.79. The number of aromatic hydroxyl groups is 2. The highest BCUT2D eigenvalue weighted by atomic mass is 16.5. The van der Waals surface area contributed by atoms with E-state index in [0.29, 0.717) is 11.5 Å². The zero-order valence-electron chi connectivity index (χ0n) is 19.3. The highest BCUT2D eigenvalue weighted by molar-refractivity contribution is 6.00. The molecule has 0 atom stereocenters. The summed E-state index contributed by atoms with van der Waals surface area (Å²) in [6, 6.07) is 39.7. The first-order valence-electron chi connectivity index (χ1n) is 12.0. The van der Waals surface area contributed by atoms with E-state index in [4.69, 9.17) is 4.74 Å². The quantitative estimate of drug-likeness (QED) is 0.272. The van der Waals surface area contributed by atoms with Crippen LogP contribution in [0.3, 0.4) is 0 Å². The van der Waals surface area contributed by atoms with E-state index >= 15 is 0 Å². The van der Waals surface area contributed by atoms with Crippen molar-refractivity contribution in [3.8, 4) is 23.0 Å². The van der Waals surface area contributed by atoms with Crippen molar-refractivity contribution in [3.05, 3.63) is 144 Å². The molecule has 0 radical (unpaired) electrons. The predicted octanol–water partition coefficient (Wildman–Crippen LogP) is 7.89. The van der Waals surface area contributed by atoms with Crippen LogP contribution < -0.4 is 4.74 Å². The molecule has 0 aliphatic carbocycles. The van der Waals surface area contributed by atoms with Crippen LogP contribution in [-0.2, 0) is 5.41 Å². The fourth-order valence-corrected chi connectivity index (χ4v) is 5.85. The van der Waals surface area contributed by atoms with E-state index in [1.807, 2.05) is 97.1 Å². The van der Waals surface area contributed by atoms with Crippen LogP contribution in [-0.4, -0.2) is 10.2 Å². The van der Waals surface area contributed by atoms with Crippen LogP contribution in [0.2, 0.25) is 0 Å². The Hall–Kier alpha value is -4.76. The van der Waals surface area contributed by atoms with Gasteiger partial charge in [-0.3, -0.25) is 0 Å². The van der Waals surface area contributed by atoms with Crippen molar-refractivity contribution in [2.24, 2.45) is 0 Å². The summed E-state index contributed by atoms with van der Waals surface area (Å²) >= 11 is 0. The highest BCUT2D eigenvalue weighted by Crippen LogP contribution is 2.60. The lowest BCUT2D eigenvalue weighted by Crippen LogP contribution is -2.34. The van der Waals surface area contributed by atoms with Gasteiger partial charge in [-0.1, -0.05) is 109 Å². The molecule has 3 heteroatoms. The van der Waals surface area contributed by atoms with Gasteiger partial charge in [-0.05, 0) is 23.3 Å². The third-order valence-corrected chi connectivity index (χ3v) is 7.37. The second-order valence-corrected chi connectivity index (χ2v) is 9.22. The van der Waals surface area contributed by atoms with Crippen molar-refractivity contribution in [1.82, 2.24) is 0 Å². The summed E-state index contributed by atoms with van der Waals surface area (Å²) in [7, 11) is 0. The first kappa shape index (κ1) is 20.6. The maximum Gasteiger partial charge on any atom is 0.140 e. The van der Waals surface area contributed by atoms with E-state index in [-0.39, 0.29) is 11.5 Å². The SMILES string of the molecule is Oc1cc2c(c3ccccc13)Oc1c(cc(O)c3ccccc13)C2(c1ccccc1)c1ccccc1. The summed E-state index contributed by atoms with van der Waals surface area (Å²) in [5.41, 5.74) is 2.86. The molecule has 7 rings (SSSR count). The zero-order valence-corrected chi connectivity index (χ0v) is 19.3. The van der Waals surface area contributed by atoms with E-state index in [9.17, 15) is 10.2 Å². The molecule has 0 fully saturated rings. The third-order valence-electron chi connectivity index (χ3n) is 7.37. The Bertz CT molecular complexity index is 1640. The topological polar surface area (TPSA) is 49.7 Å². The molecule has 0 aromatic heterocycles. The third kappa shape index (κ3) is 2.68. The molecule has 0 saturated carbocycles. The molecule has 2 N–H and O–H groups in total. The Kier molecular flexibility index (Phi) is 4.36. The van der Waals surface area contributed by atoms with Crippen molar-refractivity contribution in [3.63, 3.8) is 0 Å². The van der Waals surface area contributed by atoms with Gasteiger partial charge in [-0.25, -0.2) is 0 Å². The highest BCUT2D eigenvalue weighted by Gasteiger charge is 2.47. The Balaban J connectivity index is 1.76. The van der Waals surface area contributed by atoms with Crippen LogP contribution >= 0.6 is 0 Å². The number of ether oxygens (including phenoxy) is 1. The standard InChI is InChI=1S/C33H22O3/c34-29-19-27-31(25-17-9-7-15-23(25)29)36-32-26-18-10-8-16-24(26)30(35)20-28(32)33(27,21-11-3-1-4-12-21)22-13-5-2-6-14-22/h1-20,34-35H. The van der Waals surface area contributed by atoms with Crippen LogP contribution in [0, 0.1) is 0 Å². The van der Waals surface area contributed by atoms with Crippen molar-refractivity contribution >= 4 is 21.5 Å². The molecular formula is C33H22O3. The second-order valence-electron chi connectivity index (χ2n) is 9.22. The molecule has 6 aromatic rings. The van der Waals surface area contributed by atoms with Gasteiger partial charge in [0.05, 0.1) is 5.41 Å². The van der Waals surface area contributed by atoms with Crippen LogP contribution in [0.5, 0.6) is 23.0 Å².